The van der Waals surface area contributed by atoms with Gasteiger partial charge in [0.25, 0.3) is 5.69 Å². The minimum Gasteiger partial charge on any atom is -0.325 e. The number of anilines is 1. The number of hydrogen-bond acceptors (Lipinski definition) is 6. The van der Waals surface area contributed by atoms with Gasteiger partial charge in [-0.15, -0.1) is 10.2 Å². The monoisotopic (exact) mass is 457 g/mol. The lowest BCUT2D eigenvalue weighted by Crippen LogP contribution is -2.15. The Balaban J connectivity index is 1.39. The van der Waals surface area contributed by atoms with Gasteiger partial charge in [-0.05, 0) is 37.0 Å². The molecule has 1 amide bonds. The first-order valence-electron chi connectivity index (χ1n) is 9.82. The van der Waals surface area contributed by atoms with Crippen LogP contribution in [0.5, 0.6) is 0 Å². The number of carbonyl (C=O) groups excluding carboxylic acids is 1. The van der Waals surface area contributed by atoms with Crippen LogP contribution < -0.4 is 5.32 Å². The zero-order valence-electron chi connectivity index (χ0n) is 16.7. The molecule has 160 valence electrons. The third kappa shape index (κ3) is 4.72. The van der Waals surface area contributed by atoms with Crippen LogP contribution in [0.25, 0.3) is 0 Å². The van der Waals surface area contributed by atoms with Gasteiger partial charge in [0.2, 0.25) is 5.91 Å². The molecule has 0 bridgehead atoms. The van der Waals surface area contributed by atoms with E-state index in [0.29, 0.717) is 29.2 Å². The van der Waals surface area contributed by atoms with E-state index in [1.165, 1.54) is 35.5 Å². The summed E-state index contributed by atoms with van der Waals surface area (Å²) in [6.45, 7) is 2.75. The fraction of sp³-hybridized carbons (Fsp3) is 0.286. The molecular weight excluding hydrogens is 438 g/mol. The summed E-state index contributed by atoms with van der Waals surface area (Å²) in [5.74, 6) is 1.57. The van der Waals surface area contributed by atoms with Crippen LogP contribution in [0.15, 0.2) is 53.7 Å². The van der Waals surface area contributed by atoms with Crippen LogP contribution in [0.4, 0.5) is 11.4 Å². The third-order valence-electron chi connectivity index (χ3n) is 5.17. The van der Waals surface area contributed by atoms with Gasteiger partial charge in [0.15, 0.2) is 5.16 Å². The summed E-state index contributed by atoms with van der Waals surface area (Å²) in [6, 6.07) is 14.5. The largest absolute Gasteiger partial charge is 0.325 e. The van der Waals surface area contributed by atoms with Crippen molar-refractivity contribution < 1.29 is 9.72 Å². The zero-order chi connectivity index (χ0) is 22.0. The lowest BCUT2D eigenvalue weighted by Gasteiger charge is -2.08. The van der Waals surface area contributed by atoms with Crippen molar-refractivity contribution in [3.8, 4) is 0 Å². The molecule has 8 nitrogen and oxygen atoms in total. The molecule has 1 fully saturated rings. The van der Waals surface area contributed by atoms with Crippen molar-refractivity contribution in [3.63, 3.8) is 0 Å². The van der Waals surface area contributed by atoms with Crippen molar-refractivity contribution in [2.24, 2.45) is 0 Å². The Morgan fingerprint density at radius 3 is 2.74 bits per heavy atom. The first kappa shape index (κ1) is 21.3. The van der Waals surface area contributed by atoms with Crippen LogP contribution in [-0.2, 0) is 11.3 Å². The minimum absolute atomic E-state index is 0.0230. The smallest absolute Gasteiger partial charge is 0.289 e. The highest BCUT2D eigenvalue weighted by Crippen LogP contribution is 2.54. The molecule has 3 aromatic rings. The van der Waals surface area contributed by atoms with Gasteiger partial charge in [-0.3, -0.25) is 14.9 Å². The second kappa shape index (κ2) is 9.07. The van der Waals surface area contributed by atoms with E-state index in [2.05, 4.69) is 32.2 Å². The van der Waals surface area contributed by atoms with Gasteiger partial charge in [0.05, 0.1) is 10.7 Å². The molecule has 10 heteroatoms. The molecule has 1 aliphatic rings. The highest BCUT2D eigenvalue weighted by atomic mass is 35.5. The number of halogens is 1. The summed E-state index contributed by atoms with van der Waals surface area (Å²) in [4.78, 5) is 22.8. The Hall–Kier alpha value is -2.91. The molecule has 1 N–H and O–H groups in total. The quantitative estimate of drug-likeness (QED) is 0.294. The van der Waals surface area contributed by atoms with Crippen LogP contribution in [0.3, 0.4) is 0 Å². The van der Waals surface area contributed by atoms with Gasteiger partial charge in [-0.1, -0.05) is 53.7 Å². The number of amides is 1. The molecule has 0 aliphatic heterocycles. The number of thioether (sulfide) groups is 1. The lowest BCUT2D eigenvalue weighted by molar-refractivity contribution is -0.384. The number of hydrogen-bond donors (Lipinski definition) is 1. The van der Waals surface area contributed by atoms with E-state index < -0.39 is 4.92 Å². The molecule has 0 radical (unpaired) electrons. The van der Waals surface area contributed by atoms with E-state index >= 15 is 0 Å². The number of nitrogens with zero attached hydrogens (tertiary/aromatic N) is 4. The Morgan fingerprint density at radius 2 is 2.03 bits per heavy atom. The van der Waals surface area contributed by atoms with E-state index in [1.54, 1.807) is 0 Å². The van der Waals surface area contributed by atoms with Gasteiger partial charge in [-0.2, -0.15) is 0 Å². The van der Waals surface area contributed by atoms with Crippen LogP contribution in [0.1, 0.15) is 36.6 Å². The van der Waals surface area contributed by atoms with Gasteiger partial charge in [0, 0.05) is 24.2 Å². The van der Waals surface area contributed by atoms with Crippen molar-refractivity contribution in [2.45, 2.75) is 36.9 Å². The number of rotatable bonds is 8. The molecule has 4 rings (SSSR count). The minimum atomic E-state index is -0.585. The topological polar surface area (TPSA) is 103 Å². The molecule has 2 atom stereocenters. The summed E-state index contributed by atoms with van der Waals surface area (Å²) < 4.78 is 2.05. The number of nitro benzene ring substituents is 1. The van der Waals surface area contributed by atoms with Gasteiger partial charge < -0.3 is 9.88 Å². The summed E-state index contributed by atoms with van der Waals surface area (Å²) in [7, 11) is 0. The Kier molecular flexibility index (Phi) is 6.24. The first-order chi connectivity index (χ1) is 15.0. The standard InChI is InChI=1S/C21H20ClN5O3S/c1-2-26-20(16-11-15(16)13-6-4-3-5-7-13)24-25-21(26)31-12-19(28)23-14-8-9-17(22)18(10-14)27(29)30/h3-10,15-16H,2,11-12H2,1H3,(H,23,28). The molecule has 2 aromatic carbocycles. The molecular formula is C21H20ClN5O3S. The molecule has 1 aliphatic carbocycles. The Bertz CT molecular complexity index is 1120. The molecule has 1 saturated carbocycles. The van der Waals surface area contributed by atoms with Crippen molar-refractivity contribution in [2.75, 3.05) is 11.1 Å². The van der Waals surface area contributed by atoms with E-state index in [4.69, 9.17) is 11.6 Å². The van der Waals surface area contributed by atoms with Gasteiger partial charge in [0.1, 0.15) is 10.8 Å². The van der Waals surface area contributed by atoms with Crippen LogP contribution in [0.2, 0.25) is 5.02 Å². The third-order valence-corrected chi connectivity index (χ3v) is 6.46. The van der Waals surface area contributed by atoms with E-state index in [0.717, 1.165) is 12.2 Å². The second-order valence-electron chi connectivity index (χ2n) is 7.20. The summed E-state index contributed by atoms with van der Waals surface area (Å²) in [6.07, 6.45) is 1.04. The first-order valence-corrected chi connectivity index (χ1v) is 11.2. The fourth-order valence-corrected chi connectivity index (χ4v) is 4.58. The molecule has 2 unspecified atom stereocenters. The number of aromatic nitrogens is 3. The molecule has 1 aromatic heterocycles. The van der Waals surface area contributed by atoms with Crippen LogP contribution in [0, 0.1) is 10.1 Å². The molecule has 0 saturated heterocycles. The summed E-state index contributed by atoms with van der Waals surface area (Å²) >= 11 is 7.10. The maximum atomic E-state index is 12.3. The Labute approximate surface area is 188 Å². The highest BCUT2D eigenvalue weighted by molar-refractivity contribution is 7.99. The van der Waals surface area contributed by atoms with Crippen molar-refractivity contribution in [1.82, 2.24) is 14.8 Å². The second-order valence-corrected chi connectivity index (χ2v) is 8.55. The number of benzene rings is 2. The van der Waals surface area contributed by atoms with Crippen LogP contribution >= 0.6 is 23.4 Å². The van der Waals surface area contributed by atoms with Crippen molar-refractivity contribution >= 4 is 40.6 Å². The van der Waals surface area contributed by atoms with Gasteiger partial charge >= 0.3 is 0 Å². The molecule has 31 heavy (non-hydrogen) atoms. The van der Waals surface area contributed by atoms with E-state index in [-0.39, 0.29) is 22.4 Å². The Morgan fingerprint density at radius 1 is 1.26 bits per heavy atom. The lowest BCUT2D eigenvalue weighted by atomic mass is 10.1. The average Bonchev–Trinajstić information content (AvgIpc) is 3.46. The maximum absolute atomic E-state index is 12.3. The van der Waals surface area contributed by atoms with Crippen molar-refractivity contribution in [3.05, 3.63) is 75.1 Å². The normalized spacial score (nSPS) is 17.4. The van der Waals surface area contributed by atoms with Crippen LogP contribution in [-0.4, -0.2) is 31.3 Å². The van der Waals surface area contributed by atoms with Crippen molar-refractivity contribution in [1.29, 1.82) is 0 Å². The van der Waals surface area contributed by atoms with E-state index in [1.807, 2.05) is 25.1 Å². The molecule has 0 spiro atoms. The van der Waals surface area contributed by atoms with Gasteiger partial charge in [-0.25, -0.2) is 0 Å². The fourth-order valence-electron chi connectivity index (χ4n) is 3.58. The highest BCUT2D eigenvalue weighted by Gasteiger charge is 2.43. The number of carbonyl (C=O) groups is 1. The van der Waals surface area contributed by atoms with E-state index in [9.17, 15) is 14.9 Å². The number of nitro groups is 1. The predicted molar refractivity (Wildman–Crippen MR) is 120 cm³/mol. The average molecular weight is 458 g/mol. The SMILES string of the molecule is CCn1c(SCC(=O)Nc2ccc(Cl)c([N+](=O)[O-])c2)nnc1C1CC1c1ccccc1. The summed E-state index contributed by atoms with van der Waals surface area (Å²) in [5.41, 5.74) is 1.38. The predicted octanol–water partition coefficient (Wildman–Crippen LogP) is 4.86. The number of nitrogens with one attached hydrogen (secondary N) is 1. The molecule has 1 heterocycles. The summed E-state index contributed by atoms with van der Waals surface area (Å²) in [5, 5.41) is 23.1. The maximum Gasteiger partial charge on any atom is 0.289 e. The zero-order valence-corrected chi connectivity index (χ0v) is 18.3.